The summed E-state index contributed by atoms with van der Waals surface area (Å²) < 4.78 is 0. The number of unbranched alkanes of at least 4 members (excludes halogenated alkanes) is 3. The van der Waals surface area contributed by atoms with Gasteiger partial charge in [0.15, 0.2) is 5.60 Å². The van der Waals surface area contributed by atoms with E-state index in [0.717, 1.165) is 51.4 Å². The van der Waals surface area contributed by atoms with Gasteiger partial charge in [-0.1, -0.05) is 119 Å². The van der Waals surface area contributed by atoms with Gasteiger partial charge in [-0.05, 0) is 37.0 Å². The summed E-state index contributed by atoms with van der Waals surface area (Å²) in [7, 11) is 0. The maximum atomic E-state index is 13.3. The van der Waals surface area contributed by atoms with Gasteiger partial charge in [0.1, 0.15) is 5.41 Å². The van der Waals surface area contributed by atoms with E-state index in [4.69, 9.17) is 0 Å². The molecule has 0 bridgehead atoms. The minimum absolute atomic E-state index is 0.0419. The highest BCUT2D eigenvalue weighted by atomic mass is 16.4. The van der Waals surface area contributed by atoms with Gasteiger partial charge in [0.25, 0.3) is 0 Å². The van der Waals surface area contributed by atoms with Crippen molar-refractivity contribution in [1.82, 2.24) is 0 Å². The average Bonchev–Trinajstić information content (AvgIpc) is 2.87. The second kappa shape index (κ2) is 17.8. The number of hydrogen-bond acceptors (Lipinski definition) is 4. The molecule has 218 valence electrons. The largest absolute Gasteiger partial charge is 0.481 e. The fourth-order valence-corrected chi connectivity index (χ4v) is 6.06. The lowest BCUT2D eigenvalue weighted by Gasteiger charge is -2.48. The molecule has 37 heavy (non-hydrogen) atoms. The Morgan fingerprint density at radius 1 is 0.622 bits per heavy atom. The molecule has 0 aliphatic heterocycles. The summed E-state index contributed by atoms with van der Waals surface area (Å²) in [6.07, 6.45) is 9.29. The van der Waals surface area contributed by atoms with Gasteiger partial charge in [-0.15, -0.1) is 0 Å². The van der Waals surface area contributed by atoms with Gasteiger partial charge in [-0.3, -0.25) is 9.59 Å². The SMILES string of the molecule is CCCC[C@@H](CC)CC(C[C@@H](CC)CCCC)(C(=O)O)[C@@](O)(C(=O)O)[C@H](C[C@@H](CC)CCCC)C(=O)O. The Labute approximate surface area is 225 Å². The molecule has 0 heterocycles. The molecule has 1 unspecified atom stereocenters. The minimum atomic E-state index is -2.93. The molecule has 0 saturated heterocycles. The van der Waals surface area contributed by atoms with Crippen LogP contribution in [0.1, 0.15) is 138 Å². The Balaban J connectivity index is 7.05. The van der Waals surface area contributed by atoms with E-state index < -0.39 is 34.8 Å². The number of aliphatic hydroxyl groups is 1. The van der Waals surface area contributed by atoms with Crippen LogP contribution in [0.2, 0.25) is 0 Å². The quantitative estimate of drug-likeness (QED) is 0.109. The number of carbonyl (C=O) groups is 3. The second-order valence-corrected chi connectivity index (χ2v) is 11.2. The third-order valence-electron chi connectivity index (χ3n) is 8.74. The van der Waals surface area contributed by atoms with Crippen LogP contribution in [-0.2, 0) is 14.4 Å². The first-order valence-electron chi connectivity index (χ1n) is 14.9. The van der Waals surface area contributed by atoms with Crippen molar-refractivity contribution in [2.24, 2.45) is 29.1 Å². The Hall–Kier alpha value is -1.63. The highest BCUT2D eigenvalue weighted by Crippen LogP contribution is 2.51. The van der Waals surface area contributed by atoms with Crippen LogP contribution in [0.5, 0.6) is 0 Å². The van der Waals surface area contributed by atoms with Crippen LogP contribution in [0.3, 0.4) is 0 Å². The molecule has 7 nitrogen and oxygen atoms in total. The first-order valence-corrected chi connectivity index (χ1v) is 14.9. The Bertz CT molecular complexity index is 659. The molecule has 0 aromatic heterocycles. The third-order valence-corrected chi connectivity index (χ3v) is 8.74. The van der Waals surface area contributed by atoms with E-state index in [1.165, 1.54) is 0 Å². The normalized spacial score (nSPS) is 18.2. The van der Waals surface area contributed by atoms with Gasteiger partial charge < -0.3 is 20.4 Å². The molecule has 0 aliphatic carbocycles. The lowest BCUT2D eigenvalue weighted by molar-refractivity contribution is -0.211. The van der Waals surface area contributed by atoms with Gasteiger partial charge in [0.05, 0.1) is 5.92 Å². The van der Waals surface area contributed by atoms with Gasteiger partial charge in [0, 0.05) is 0 Å². The zero-order valence-corrected chi connectivity index (χ0v) is 24.4. The zero-order chi connectivity index (χ0) is 28.6. The fraction of sp³-hybridized carbons (Fsp3) is 0.900. The molecule has 0 saturated carbocycles. The molecule has 6 atom stereocenters. The van der Waals surface area contributed by atoms with Crippen molar-refractivity contribution in [2.75, 3.05) is 0 Å². The molecule has 4 N–H and O–H groups in total. The van der Waals surface area contributed by atoms with Crippen LogP contribution in [-0.4, -0.2) is 43.9 Å². The smallest absolute Gasteiger partial charge is 0.337 e. The monoisotopic (exact) mass is 528 g/mol. The van der Waals surface area contributed by atoms with Crippen molar-refractivity contribution in [2.45, 2.75) is 143 Å². The Morgan fingerprint density at radius 2 is 1.00 bits per heavy atom. The van der Waals surface area contributed by atoms with Crippen molar-refractivity contribution in [3.63, 3.8) is 0 Å². The van der Waals surface area contributed by atoms with E-state index in [-0.39, 0.29) is 37.0 Å². The number of carboxylic acid groups (broad SMARTS) is 3. The summed E-state index contributed by atoms with van der Waals surface area (Å²) in [5.74, 6) is -6.63. The summed E-state index contributed by atoms with van der Waals surface area (Å²) in [5, 5.41) is 43.8. The zero-order valence-electron chi connectivity index (χ0n) is 24.4. The molecule has 0 radical (unpaired) electrons. The highest BCUT2D eigenvalue weighted by Gasteiger charge is 2.67. The van der Waals surface area contributed by atoms with Crippen molar-refractivity contribution in [1.29, 1.82) is 0 Å². The van der Waals surface area contributed by atoms with Crippen molar-refractivity contribution < 1.29 is 34.8 Å². The molecule has 0 aliphatic rings. The molecular weight excluding hydrogens is 472 g/mol. The molecule has 0 aromatic carbocycles. The van der Waals surface area contributed by atoms with Crippen molar-refractivity contribution in [3.05, 3.63) is 0 Å². The maximum absolute atomic E-state index is 13.3. The molecule has 0 rings (SSSR count). The lowest BCUT2D eigenvalue weighted by atomic mass is 9.56. The van der Waals surface area contributed by atoms with E-state index in [1.54, 1.807) is 0 Å². The predicted molar refractivity (Wildman–Crippen MR) is 148 cm³/mol. The summed E-state index contributed by atoms with van der Waals surface area (Å²) in [5.41, 5.74) is -5.03. The summed E-state index contributed by atoms with van der Waals surface area (Å²) in [6, 6.07) is 0. The summed E-state index contributed by atoms with van der Waals surface area (Å²) in [6.45, 7) is 12.0. The average molecular weight is 529 g/mol. The molecular formula is C30H56O7. The Morgan fingerprint density at radius 3 is 1.27 bits per heavy atom. The van der Waals surface area contributed by atoms with Crippen molar-refractivity contribution in [3.8, 4) is 0 Å². The van der Waals surface area contributed by atoms with Crippen molar-refractivity contribution >= 4 is 17.9 Å². The van der Waals surface area contributed by atoms with Gasteiger partial charge in [0.2, 0.25) is 0 Å². The first-order chi connectivity index (χ1) is 17.4. The maximum Gasteiger partial charge on any atom is 0.337 e. The van der Waals surface area contributed by atoms with Crippen LogP contribution in [0.25, 0.3) is 0 Å². The topological polar surface area (TPSA) is 132 Å². The van der Waals surface area contributed by atoms with E-state index in [9.17, 15) is 34.8 Å². The van der Waals surface area contributed by atoms with Gasteiger partial charge >= 0.3 is 17.9 Å². The molecule has 7 heteroatoms. The van der Waals surface area contributed by atoms with Crippen LogP contribution in [0, 0.1) is 29.1 Å². The summed E-state index contributed by atoms with van der Waals surface area (Å²) >= 11 is 0. The molecule has 0 fully saturated rings. The van der Waals surface area contributed by atoms with Crippen LogP contribution >= 0.6 is 0 Å². The van der Waals surface area contributed by atoms with E-state index in [0.29, 0.717) is 25.7 Å². The number of carboxylic acids is 3. The third kappa shape index (κ3) is 9.56. The highest BCUT2D eigenvalue weighted by molar-refractivity contribution is 5.93. The second-order valence-electron chi connectivity index (χ2n) is 11.2. The predicted octanol–water partition coefficient (Wildman–Crippen LogP) is 7.39. The van der Waals surface area contributed by atoms with E-state index in [1.807, 2.05) is 41.5 Å². The number of rotatable bonds is 23. The number of aliphatic carboxylic acids is 3. The molecule has 0 aromatic rings. The van der Waals surface area contributed by atoms with Gasteiger partial charge in [-0.25, -0.2) is 4.79 Å². The minimum Gasteiger partial charge on any atom is -0.481 e. The first kappa shape index (κ1) is 35.4. The van der Waals surface area contributed by atoms with E-state index >= 15 is 0 Å². The van der Waals surface area contributed by atoms with E-state index in [2.05, 4.69) is 0 Å². The van der Waals surface area contributed by atoms with Crippen LogP contribution in [0.15, 0.2) is 0 Å². The fourth-order valence-electron chi connectivity index (χ4n) is 6.06. The standard InChI is InChI=1S/C30H56O7/c1-7-13-16-22(10-4)19-25(26(31)32)30(37,28(35)36)29(27(33)34,20-23(11-5)17-14-8-2)21-24(12-6)18-15-9-3/h22-25,37H,7-21H2,1-6H3,(H,31,32)(H,33,34)(H,35,36)/t22-,23-,24+,25+,29?,30-/m0/s1. The van der Waals surface area contributed by atoms with Gasteiger partial charge in [-0.2, -0.15) is 0 Å². The number of hydrogen-bond donors (Lipinski definition) is 4. The van der Waals surface area contributed by atoms with Crippen LogP contribution in [0.4, 0.5) is 0 Å². The Kier molecular flexibility index (Phi) is 17.0. The summed E-state index contributed by atoms with van der Waals surface area (Å²) in [4.78, 5) is 38.9. The molecule has 0 amide bonds. The van der Waals surface area contributed by atoms with Crippen LogP contribution < -0.4 is 0 Å². The molecule has 0 spiro atoms. The lowest BCUT2D eigenvalue weighted by Crippen LogP contribution is -2.65.